The zero-order valence-corrected chi connectivity index (χ0v) is 20.1. The Balaban J connectivity index is 0. The van der Waals surface area contributed by atoms with Crippen LogP contribution in [-0.4, -0.2) is 17.6 Å². The summed E-state index contributed by atoms with van der Waals surface area (Å²) in [6, 6.07) is 0. The highest BCUT2D eigenvalue weighted by molar-refractivity contribution is 4.95. The minimum Gasteiger partial charge on any atom is -0.330 e. The Morgan fingerprint density at radius 1 is 0.600 bits per heavy atom. The standard InChI is InChI=1S/C21H46N2.C2H6/c1-12-17(2,3)13-18(4,5)14-20(8,9)23-21(10,11)15-19(6,7)16-22;1-2/h23H,12-16,22H2,1-11H3;1-2H3. The van der Waals surface area contributed by atoms with Crippen molar-refractivity contribution in [1.82, 2.24) is 5.32 Å². The lowest BCUT2D eigenvalue weighted by atomic mass is 9.68. The second-order valence-electron chi connectivity index (χ2n) is 11.5. The van der Waals surface area contributed by atoms with E-state index in [1.807, 2.05) is 13.8 Å². The van der Waals surface area contributed by atoms with Crippen molar-refractivity contribution in [2.75, 3.05) is 6.54 Å². The Bertz CT molecular complexity index is 328. The minimum atomic E-state index is 0.0860. The first-order valence-corrected chi connectivity index (χ1v) is 10.4. The summed E-state index contributed by atoms with van der Waals surface area (Å²) in [4.78, 5) is 0. The van der Waals surface area contributed by atoms with Crippen molar-refractivity contribution in [3.63, 3.8) is 0 Å². The largest absolute Gasteiger partial charge is 0.330 e. The van der Waals surface area contributed by atoms with Gasteiger partial charge in [0.2, 0.25) is 0 Å². The SMILES string of the molecule is CC.CCC(C)(C)CC(C)(C)CC(C)(C)NC(C)(C)CC(C)(C)CN. The van der Waals surface area contributed by atoms with Crippen LogP contribution in [0.15, 0.2) is 0 Å². The molecule has 0 saturated heterocycles. The lowest BCUT2D eigenvalue weighted by molar-refractivity contribution is 0.110. The summed E-state index contributed by atoms with van der Waals surface area (Å²) in [5.74, 6) is 0. The fourth-order valence-corrected chi connectivity index (χ4v) is 4.95. The zero-order chi connectivity index (χ0) is 20.7. The van der Waals surface area contributed by atoms with Crippen LogP contribution in [0.2, 0.25) is 0 Å². The fourth-order valence-electron chi connectivity index (χ4n) is 4.95. The maximum Gasteiger partial charge on any atom is 0.0135 e. The Kier molecular flexibility index (Phi) is 10.6. The third-order valence-corrected chi connectivity index (χ3v) is 4.98. The molecule has 0 aliphatic carbocycles. The van der Waals surface area contributed by atoms with Crippen LogP contribution in [0.5, 0.6) is 0 Å². The Hall–Kier alpha value is -0.0800. The van der Waals surface area contributed by atoms with Gasteiger partial charge in [0.15, 0.2) is 0 Å². The normalized spacial score (nSPS) is 14.2. The van der Waals surface area contributed by atoms with Crippen molar-refractivity contribution >= 4 is 0 Å². The Morgan fingerprint density at radius 3 is 1.28 bits per heavy atom. The average molecular weight is 357 g/mol. The van der Waals surface area contributed by atoms with E-state index in [4.69, 9.17) is 5.73 Å². The van der Waals surface area contributed by atoms with Crippen LogP contribution in [-0.2, 0) is 0 Å². The maximum atomic E-state index is 5.94. The van der Waals surface area contributed by atoms with Crippen LogP contribution >= 0.6 is 0 Å². The number of nitrogens with two attached hydrogens (primary N) is 1. The van der Waals surface area contributed by atoms with Crippen LogP contribution in [0.25, 0.3) is 0 Å². The van der Waals surface area contributed by atoms with Gasteiger partial charge in [-0.3, -0.25) is 0 Å². The molecule has 0 aromatic carbocycles. The molecule has 0 amide bonds. The van der Waals surface area contributed by atoms with E-state index in [0.29, 0.717) is 10.8 Å². The van der Waals surface area contributed by atoms with Crippen molar-refractivity contribution in [3.8, 4) is 0 Å². The molecule has 0 aromatic rings. The summed E-state index contributed by atoms with van der Waals surface area (Å²) in [7, 11) is 0. The van der Waals surface area contributed by atoms with Crippen LogP contribution in [0, 0.1) is 16.2 Å². The van der Waals surface area contributed by atoms with Crippen LogP contribution in [0.4, 0.5) is 0 Å². The highest BCUT2D eigenvalue weighted by Gasteiger charge is 2.37. The van der Waals surface area contributed by atoms with Gasteiger partial charge in [-0.05, 0) is 69.7 Å². The van der Waals surface area contributed by atoms with E-state index in [1.54, 1.807) is 0 Å². The van der Waals surface area contributed by atoms with Gasteiger partial charge < -0.3 is 11.1 Å². The molecule has 2 heteroatoms. The zero-order valence-electron chi connectivity index (χ0n) is 20.1. The average Bonchev–Trinajstić information content (AvgIpc) is 2.35. The maximum absolute atomic E-state index is 5.94. The predicted molar refractivity (Wildman–Crippen MR) is 117 cm³/mol. The summed E-state index contributed by atoms with van der Waals surface area (Å²) in [5.41, 5.74) is 7.05. The van der Waals surface area contributed by atoms with Crippen molar-refractivity contribution in [2.45, 2.75) is 127 Å². The molecule has 0 fully saturated rings. The third kappa shape index (κ3) is 12.8. The first kappa shape index (κ1) is 27.1. The molecule has 0 heterocycles. The lowest BCUT2D eigenvalue weighted by Crippen LogP contribution is -2.55. The summed E-state index contributed by atoms with van der Waals surface area (Å²) >= 11 is 0. The van der Waals surface area contributed by atoms with Gasteiger partial charge in [0, 0.05) is 11.1 Å². The van der Waals surface area contributed by atoms with Crippen LogP contribution in [0.3, 0.4) is 0 Å². The van der Waals surface area contributed by atoms with Gasteiger partial charge >= 0.3 is 0 Å². The molecule has 154 valence electrons. The molecule has 0 spiro atoms. The highest BCUT2D eigenvalue weighted by Crippen LogP contribution is 2.41. The molecule has 0 radical (unpaired) electrons. The second-order valence-corrected chi connectivity index (χ2v) is 11.5. The molecule has 0 atom stereocenters. The summed E-state index contributed by atoms with van der Waals surface area (Å²) in [5, 5.41) is 3.93. The van der Waals surface area contributed by atoms with Crippen molar-refractivity contribution in [3.05, 3.63) is 0 Å². The Morgan fingerprint density at radius 2 is 0.960 bits per heavy atom. The van der Waals surface area contributed by atoms with E-state index in [9.17, 15) is 0 Å². The predicted octanol–water partition coefficient (Wildman–Crippen LogP) is 6.78. The summed E-state index contributed by atoms with van der Waals surface area (Å²) in [6.07, 6.45) is 4.76. The third-order valence-electron chi connectivity index (χ3n) is 4.98. The molecule has 0 rings (SSSR count). The molecule has 0 saturated carbocycles. The number of rotatable bonds is 10. The molecular formula is C23H52N2. The van der Waals surface area contributed by atoms with Gasteiger partial charge in [-0.1, -0.05) is 68.7 Å². The first-order chi connectivity index (χ1) is 10.9. The number of hydrogen-bond acceptors (Lipinski definition) is 2. The number of hydrogen-bond donors (Lipinski definition) is 2. The molecule has 2 nitrogen and oxygen atoms in total. The minimum absolute atomic E-state index is 0.0860. The highest BCUT2D eigenvalue weighted by atomic mass is 15.0. The van der Waals surface area contributed by atoms with Gasteiger partial charge in [0.05, 0.1) is 0 Å². The van der Waals surface area contributed by atoms with Gasteiger partial charge in [-0.25, -0.2) is 0 Å². The molecule has 0 bridgehead atoms. The molecular weight excluding hydrogens is 304 g/mol. The van der Waals surface area contributed by atoms with E-state index in [2.05, 4.69) is 81.5 Å². The molecule has 0 aromatic heterocycles. The van der Waals surface area contributed by atoms with E-state index in [1.165, 1.54) is 19.3 Å². The van der Waals surface area contributed by atoms with Crippen molar-refractivity contribution in [1.29, 1.82) is 0 Å². The number of nitrogens with one attached hydrogen (secondary N) is 1. The van der Waals surface area contributed by atoms with E-state index >= 15 is 0 Å². The summed E-state index contributed by atoms with van der Waals surface area (Å²) in [6.45, 7) is 30.5. The van der Waals surface area contributed by atoms with Crippen LogP contribution in [0.1, 0.15) is 116 Å². The fraction of sp³-hybridized carbons (Fsp3) is 1.00. The first-order valence-electron chi connectivity index (χ1n) is 10.4. The van der Waals surface area contributed by atoms with Gasteiger partial charge in [-0.2, -0.15) is 0 Å². The molecule has 0 aliphatic heterocycles. The van der Waals surface area contributed by atoms with E-state index < -0.39 is 0 Å². The quantitative estimate of drug-likeness (QED) is 0.453. The lowest BCUT2D eigenvalue weighted by Gasteiger charge is -2.45. The van der Waals surface area contributed by atoms with Crippen LogP contribution < -0.4 is 11.1 Å². The smallest absolute Gasteiger partial charge is 0.0135 e. The second kappa shape index (κ2) is 9.74. The van der Waals surface area contributed by atoms with Gasteiger partial charge in [-0.15, -0.1) is 0 Å². The Labute approximate surface area is 161 Å². The topological polar surface area (TPSA) is 38.0 Å². The monoisotopic (exact) mass is 356 g/mol. The molecule has 0 aliphatic rings. The molecule has 25 heavy (non-hydrogen) atoms. The molecule has 3 N–H and O–H groups in total. The van der Waals surface area contributed by atoms with E-state index in [-0.39, 0.29) is 16.5 Å². The van der Waals surface area contributed by atoms with Crippen molar-refractivity contribution < 1.29 is 0 Å². The van der Waals surface area contributed by atoms with Crippen molar-refractivity contribution in [2.24, 2.45) is 22.0 Å². The van der Waals surface area contributed by atoms with Gasteiger partial charge in [0.25, 0.3) is 0 Å². The van der Waals surface area contributed by atoms with E-state index in [0.717, 1.165) is 13.0 Å². The molecule has 0 unspecified atom stereocenters. The summed E-state index contributed by atoms with van der Waals surface area (Å²) < 4.78 is 0. The van der Waals surface area contributed by atoms with Gasteiger partial charge in [0.1, 0.15) is 0 Å².